The van der Waals surface area contributed by atoms with Gasteiger partial charge in [-0.2, -0.15) is 0 Å². The van der Waals surface area contributed by atoms with E-state index in [1.807, 2.05) is 6.07 Å². The Morgan fingerprint density at radius 3 is 2.67 bits per heavy atom. The van der Waals surface area contributed by atoms with Crippen molar-refractivity contribution in [1.82, 2.24) is 9.88 Å². The Bertz CT molecular complexity index is 586. The Morgan fingerprint density at radius 1 is 1.19 bits per heavy atom. The minimum absolute atomic E-state index is 0.0859. The molecule has 3 nitrogen and oxygen atoms in total. The molecule has 0 saturated carbocycles. The van der Waals surface area contributed by atoms with Crippen LogP contribution in [0.4, 0.5) is 0 Å². The maximum Gasteiger partial charge on any atom is 0.272 e. The molecule has 2 aromatic rings. The minimum Gasteiger partial charge on any atom is -0.340 e. The fraction of sp³-hybridized carbons (Fsp3) is 0.294. The number of benzene rings is 1. The van der Waals surface area contributed by atoms with E-state index in [0.717, 1.165) is 25.8 Å². The normalized spacial score (nSPS) is 10.4. The number of aromatic nitrogens is 1. The SMILES string of the molecule is CN(CCCCc1ccccc1)C(=O)c1cc(Cl)ccn1. The second-order valence-corrected chi connectivity index (χ2v) is 5.47. The van der Waals surface area contributed by atoms with Gasteiger partial charge in [-0.05, 0) is 37.0 Å². The Kier molecular flexibility index (Phi) is 5.76. The predicted molar refractivity (Wildman–Crippen MR) is 85.6 cm³/mol. The molecule has 0 saturated heterocycles. The van der Waals surface area contributed by atoms with Crippen LogP contribution in [-0.4, -0.2) is 29.4 Å². The van der Waals surface area contributed by atoms with Crippen LogP contribution in [0.2, 0.25) is 5.02 Å². The molecule has 0 N–H and O–H groups in total. The zero-order valence-corrected chi connectivity index (χ0v) is 12.9. The number of hydrogen-bond donors (Lipinski definition) is 0. The van der Waals surface area contributed by atoms with Crippen LogP contribution in [0.15, 0.2) is 48.7 Å². The summed E-state index contributed by atoms with van der Waals surface area (Å²) in [7, 11) is 1.80. The van der Waals surface area contributed by atoms with Crippen LogP contribution in [0.3, 0.4) is 0 Å². The molecule has 0 radical (unpaired) electrons. The molecule has 0 bridgehead atoms. The molecule has 2 rings (SSSR count). The molecule has 0 fully saturated rings. The molecule has 1 aromatic carbocycles. The molecule has 1 aromatic heterocycles. The van der Waals surface area contributed by atoms with Gasteiger partial charge in [-0.15, -0.1) is 0 Å². The summed E-state index contributed by atoms with van der Waals surface area (Å²) in [6.45, 7) is 0.722. The third-order valence-electron chi connectivity index (χ3n) is 3.34. The second kappa shape index (κ2) is 7.79. The van der Waals surface area contributed by atoms with Gasteiger partial charge in [-0.3, -0.25) is 9.78 Å². The van der Waals surface area contributed by atoms with Gasteiger partial charge in [0, 0.05) is 24.8 Å². The summed E-state index contributed by atoms with van der Waals surface area (Å²) >= 11 is 5.88. The van der Waals surface area contributed by atoms with Gasteiger partial charge >= 0.3 is 0 Å². The molecule has 4 heteroatoms. The van der Waals surface area contributed by atoms with Crippen molar-refractivity contribution < 1.29 is 4.79 Å². The number of rotatable bonds is 6. The first-order chi connectivity index (χ1) is 10.2. The van der Waals surface area contributed by atoms with Crippen molar-refractivity contribution in [3.63, 3.8) is 0 Å². The Hall–Kier alpha value is -1.87. The fourth-order valence-electron chi connectivity index (χ4n) is 2.14. The number of unbranched alkanes of at least 4 members (excludes halogenated alkanes) is 1. The number of carbonyl (C=O) groups is 1. The smallest absolute Gasteiger partial charge is 0.272 e. The van der Waals surface area contributed by atoms with Crippen molar-refractivity contribution in [3.8, 4) is 0 Å². The van der Waals surface area contributed by atoms with E-state index >= 15 is 0 Å². The molecule has 1 heterocycles. The first kappa shape index (κ1) is 15.5. The van der Waals surface area contributed by atoms with E-state index in [1.165, 1.54) is 5.56 Å². The van der Waals surface area contributed by atoms with E-state index in [1.54, 1.807) is 30.3 Å². The van der Waals surface area contributed by atoms with Crippen molar-refractivity contribution in [2.45, 2.75) is 19.3 Å². The number of carbonyl (C=O) groups excluding carboxylic acids is 1. The van der Waals surface area contributed by atoms with Gasteiger partial charge in [0.05, 0.1) is 0 Å². The Morgan fingerprint density at radius 2 is 1.95 bits per heavy atom. The molecule has 0 spiro atoms. The summed E-state index contributed by atoms with van der Waals surface area (Å²) in [4.78, 5) is 17.9. The van der Waals surface area contributed by atoms with Crippen LogP contribution in [0, 0.1) is 0 Å². The molecule has 1 amide bonds. The monoisotopic (exact) mass is 302 g/mol. The molecule has 0 atom stereocenters. The van der Waals surface area contributed by atoms with Gasteiger partial charge < -0.3 is 4.90 Å². The molecule has 21 heavy (non-hydrogen) atoms. The van der Waals surface area contributed by atoms with Crippen LogP contribution < -0.4 is 0 Å². The minimum atomic E-state index is -0.0859. The van der Waals surface area contributed by atoms with Gasteiger partial charge in [-0.25, -0.2) is 0 Å². The molecular formula is C17H19ClN2O. The van der Waals surface area contributed by atoms with Crippen LogP contribution in [0.5, 0.6) is 0 Å². The lowest BCUT2D eigenvalue weighted by molar-refractivity contribution is 0.0787. The van der Waals surface area contributed by atoms with Gasteiger partial charge in [0.15, 0.2) is 0 Å². The Labute approximate surface area is 130 Å². The number of aryl methyl sites for hydroxylation is 1. The summed E-state index contributed by atoms with van der Waals surface area (Å²) in [6.07, 6.45) is 4.62. The van der Waals surface area contributed by atoms with Crippen LogP contribution in [0.25, 0.3) is 0 Å². The molecular weight excluding hydrogens is 284 g/mol. The van der Waals surface area contributed by atoms with Crippen molar-refractivity contribution in [3.05, 3.63) is 64.9 Å². The first-order valence-corrected chi connectivity index (χ1v) is 7.45. The fourth-order valence-corrected chi connectivity index (χ4v) is 2.30. The number of hydrogen-bond acceptors (Lipinski definition) is 2. The van der Waals surface area contributed by atoms with Crippen LogP contribution >= 0.6 is 11.6 Å². The van der Waals surface area contributed by atoms with E-state index in [4.69, 9.17) is 11.6 Å². The molecule has 0 aliphatic rings. The zero-order valence-electron chi connectivity index (χ0n) is 12.1. The van der Waals surface area contributed by atoms with Gasteiger partial charge in [0.1, 0.15) is 5.69 Å². The topological polar surface area (TPSA) is 33.2 Å². The van der Waals surface area contributed by atoms with Crippen molar-refractivity contribution in [2.75, 3.05) is 13.6 Å². The zero-order chi connectivity index (χ0) is 15.1. The lowest BCUT2D eigenvalue weighted by Crippen LogP contribution is -2.28. The summed E-state index contributed by atoms with van der Waals surface area (Å²) in [5.74, 6) is -0.0859. The number of nitrogens with zero attached hydrogens (tertiary/aromatic N) is 2. The quantitative estimate of drug-likeness (QED) is 0.760. The van der Waals surface area contributed by atoms with E-state index in [9.17, 15) is 4.79 Å². The van der Waals surface area contributed by atoms with Gasteiger partial charge in [-0.1, -0.05) is 41.9 Å². The summed E-state index contributed by atoms with van der Waals surface area (Å²) in [6, 6.07) is 13.7. The third kappa shape index (κ3) is 4.87. The summed E-state index contributed by atoms with van der Waals surface area (Å²) < 4.78 is 0. The first-order valence-electron chi connectivity index (χ1n) is 7.08. The van der Waals surface area contributed by atoms with Crippen molar-refractivity contribution >= 4 is 17.5 Å². The number of pyridine rings is 1. The van der Waals surface area contributed by atoms with E-state index in [0.29, 0.717) is 10.7 Å². The Balaban J connectivity index is 1.76. The summed E-state index contributed by atoms with van der Waals surface area (Å²) in [5, 5.41) is 0.533. The van der Waals surface area contributed by atoms with Gasteiger partial charge in [0.25, 0.3) is 5.91 Å². The molecule has 0 aliphatic carbocycles. The highest BCUT2D eigenvalue weighted by atomic mass is 35.5. The average molecular weight is 303 g/mol. The van der Waals surface area contributed by atoms with Crippen LogP contribution in [0.1, 0.15) is 28.9 Å². The van der Waals surface area contributed by atoms with E-state index in [-0.39, 0.29) is 5.91 Å². The standard InChI is InChI=1S/C17H19ClN2O/c1-20(17(21)16-13-15(18)10-11-19-16)12-6-5-9-14-7-3-2-4-8-14/h2-4,7-8,10-11,13H,5-6,9,12H2,1H3. The second-order valence-electron chi connectivity index (χ2n) is 5.03. The highest BCUT2D eigenvalue weighted by Crippen LogP contribution is 2.10. The van der Waals surface area contributed by atoms with Gasteiger partial charge in [0.2, 0.25) is 0 Å². The molecule has 0 aliphatic heterocycles. The number of halogens is 1. The van der Waals surface area contributed by atoms with Crippen molar-refractivity contribution in [1.29, 1.82) is 0 Å². The number of amides is 1. The average Bonchev–Trinajstić information content (AvgIpc) is 2.51. The largest absolute Gasteiger partial charge is 0.340 e. The van der Waals surface area contributed by atoms with E-state index in [2.05, 4.69) is 29.2 Å². The summed E-state index contributed by atoms with van der Waals surface area (Å²) in [5.41, 5.74) is 1.73. The highest BCUT2D eigenvalue weighted by molar-refractivity contribution is 6.30. The highest BCUT2D eigenvalue weighted by Gasteiger charge is 2.12. The maximum absolute atomic E-state index is 12.2. The third-order valence-corrected chi connectivity index (χ3v) is 3.57. The van der Waals surface area contributed by atoms with Crippen LogP contribution in [-0.2, 0) is 6.42 Å². The van der Waals surface area contributed by atoms with E-state index < -0.39 is 0 Å². The lowest BCUT2D eigenvalue weighted by atomic mass is 10.1. The maximum atomic E-state index is 12.2. The lowest BCUT2D eigenvalue weighted by Gasteiger charge is -2.16. The molecule has 0 unspecified atom stereocenters. The van der Waals surface area contributed by atoms with Crippen molar-refractivity contribution in [2.24, 2.45) is 0 Å². The molecule has 110 valence electrons. The predicted octanol–water partition coefficient (Wildman–Crippen LogP) is 3.83.